The van der Waals surface area contributed by atoms with E-state index in [0.29, 0.717) is 6.54 Å². The zero-order chi connectivity index (χ0) is 14.4. The Balaban J connectivity index is 1.82. The van der Waals surface area contributed by atoms with E-state index in [4.69, 9.17) is 0 Å². The summed E-state index contributed by atoms with van der Waals surface area (Å²) in [7, 11) is 1.68. The minimum atomic E-state index is -0.171. The Bertz CT molecular complexity index is 455. The minimum Gasteiger partial charge on any atom is -0.336 e. The average Bonchev–Trinajstić information content (AvgIpc) is 2.48. The number of likely N-dealkylation sites (N-methyl/N-ethyl adjacent to an activating group) is 1. The highest BCUT2D eigenvalue weighted by molar-refractivity contribution is 5.94. The van der Waals surface area contributed by atoms with E-state index in [1.54, 1.807) is 7.05 Å². The zero-order valence-corrected chi connectivity index (χ0v) is 11.8. The van der Waals surface area contributed by atoms with Gasteiger partial charge in [0.2, 0.25) is 11.8 Å². The normalized spacial score (nSPS) is 18.4. The van der Waals surface area contributed by atoms with Gasteiger partial charge in [0.15, 0.2) is 0 Å². The lowest BCUT2D eigenvalue weighted by Crippen LogP contribution is -2.43. The van der Waals surface area contributed by atoms with Crippen molar-refractivity contribution in [3.05, 3.63) is 30.3 Å². The summed E-state index contributed by atoms with van der Waals surface area (Å²) < 4.78 is 0. The number of rotatable bonds is 4. The van der Waals surface area contributed by atoms with Gasteiger partial charge in [0.1, 0.15) is 0 Å². The van der Waals surface area contributed by atoms with Crippen LogP contribution in [0.1, 0.15) is 12.8 Å². The lowest BCUT2D eigenvalue weighted by Gasteiger charge is -2.26. The van der Waals surface area contributed by atoms with Crippen molar-refractivity contribution < 1.29 is 9.59 Å². The predicted molar refractivity (Wildman–Crippen MR) is 78.3 cm³/mol. The summed E-state index contributed by atoms with van der Waals surface area (Å²) in [6.45, 7) is 1.77. The van der Waals surface area contributed by atoms with Crippen molar-refractivity contribution in [2.45, 2.75) is 12.8 Å². The number of anilines is 1. The smallest absolute Gasteiger partial charge is 0.243 e. The first kappa shape index (κ1) is 14.5. The van der Waals surface area contributed by atoms with E-state index >= 15 is 0 Å². The Morgan fingerprint density at radius 3 is 2.75 bits per heavy atom. The van der Waals surface area contributed by atoms with Crippen molar-refractivity contribution >= 4 is 17.5 Å². The van der Waals surface area contributed by atoms with E-state index in [1.165, 1.54) is 4.90 Å². The molecule has 0 aromatic heterocycles. The number of nitrogens with one attached hydrogen (secondary N) is 2. The largest absolute Gasteiger partial charge is 0.336 e. The quantitative estimate of drug-likeness (QED) is 0.864. The molecule has 1 aromatic carbocycles. The highest BCUT2D eigenvalue weighted by Gasteiger charge is 2.24. The van der Waals surface area contributed by atoms with Gasteiger partial charge in [-0.25, -0.2) is 0 Å². The number of carbonyl (C=O) groups is 2. The van der Waals surface area contributed by atoms with Crippen LogP contribution in [0.5, 0.6) is 0 Å². The molecule has 0 unspecified atom stereocenters. The number of nitrogens with zero attached hydrogens (tertiary/aromatic N) is 1. The van der Waals surface area contributed by atoms with Gasteiger partial charge in [0.05, 0.1) is 12.5 Å². The molecule has 1 aromatic rings. The van der Waals surface area contributed by atoms with Crippen LogP contribution in [0.4, 0.5) is 5.69 Å². The number of para-hydroxylation sites is 1. The van der Waals surface area contributed by atoms with E-state index < -0.39 is 0 Å². The van der Waals surface area contributed by atoms with E-state index in [1.807, 2.05) is 30.3 Å². The fourth-order valence-electron chi connectivity index (χ4n) is 2.39. The highest BCUT2D eigenvalue weighted by Crippen LogP contribution is 2.12. The van der Waals surface area contributed by atoms with Gasteiger partial charge < -0.3 is 15.5 Å². The molecule has 20 heavy (non-hydrogen) atoms. The molecule has 2 amide bonds. The Morgan fingerprint density at radius 2 is 2.10 bits per heavy atom. The molecule has 1 fully saturated rings. The predicted octanol–water partition coefficient (Wildman–Crippen LogP) is 1.08. The number of hydrogen-bond donors (Lipinski definition) is 2. The number of piperidine rings is 1. The molecule has 0 radical (unpaired) electrons. The molecule has 0 saturated carbocycles. The molecule has 1 heterocycles. The van der Waals surface area contributed by atoms with Crippen molar-refractivity contribution in [2.75, 3.05) is 32.0 Å². The fraction of sp³-hybridized carbons (Fsp3) is 0.467. The Kier molecular flexibility index (Phi) is 5.12. The van der Waals surface area contributed by atoms with Crippen LogP contribution in [0.3, 0.4) is 0 Å². The van der Waals surface area contributed by atoms with Gasteiger partial charge in [-0.15, -0.1) is 0 Å². The monoisotopic (exact) mass is 275 g/mol. The van der Waals surface area contributed by atoms with E-state index in [2.05, 4.69) is 10.6 Å². The van der Waals surface area contributed by atoms with Crippen molar-refractivity contribution in [3.63, 3.8) is 0 Å². The molecule has 1 atom stereocenters. The van der Waals surface area contributed by atoms with Crippen molar-refractivity contribution in [3.8, 4) is 0 Å². The lowest BCUT2D eigenvalue weighted by molar-refractivity contribution is -0.137. The molecule has 2 rings (SSSR count). The van der Waals surface area contributed by atoms with Crippen LogP contribution in [0, 0.1) is 5.92 Å². The number of benzene rings is 1. The van der Waals surface area contributed by atoms with Gasteiger partial charge in [-0.05, 0) is 31.5 Å². The summed E-state index contributed by atoms with van der Waals surface area (Å²) in [4.78, 5) is 25.6. The summed E-state index contributed by atoms with van der Waals surface area (Å²) in [6, 6.07) is 9.26. The molecule has 1 aliphatic rings. The lowest BCUT2D eigenvalue weighted by atomic mass is 9.98. The molecule has 1 aliphatic heterocycles. The third-order valence-corrected chi connectivity index (χ3v) is 3.46. The second-order valence-corrected chi connectivity index (χ2v) is 5.15. The topological polar surface area (TPSA) is 61.4 Å². The van der Waals surface area contributed by atoms with Crippen LogP contribution in [-0.4, -0.2) is 43.4 Å². The molecule has 0 spiro atoms. The second-order valence-electron chi connectivity index (χ2n) is 5.15. The summed E-state index contributed by atoms with van der Waals surface area (Å²) in [5, 5.41) is 6.00. The standard InChI is InChI=1S/C15H21N3O2/c1-18(15(20)12-6-5-9-16-10-12)11-14(19)17-13-7-3-2-4-8-13/h2-4,7-8,12,16H,5-6,9-11H2,1H3,(H,17,19)/t12-/m1/s1. The molecular formula is C15H21N3O2. The molecule has 1 saturated heterocycles. The van der Waals surface area contributed by atoms with E-state index in [0.717, 1.165) is 25.1 Å². The van der Waals surface area contributed by atoms with Crippen LogP contribution < -0.4 is 10.6 Å². The molecule has 5 heteroatoms. The first-order valence-corrected chi connectivity index (χ1v) is 6.97. The zero-order valence-electron chi connectivity index (χ0n) is 11.8. The van der Waals surface area contributed by atoms with Crippen molar-refractivity contribution in [2.24, 2.45) is 5.92 Å². The van der Waals surface area contributed by atoms with Gasteiger partial charge in [0.25, 0.3) is 0 Å². The molecule has 0 aliphatic carbocycles. The molecule has 2 N–H and O–H groups in total. The number of amides is 2. The summed E-state index contributed by atoms with van der Waals surface area (Å²) in [6.07, 6.45) is 1.91. The van der Waals surface area contributed by atoms with Gasteiger partial charge in [0, 0.05) is 19.3 Å². The van der Waals surface area contributed by atoms with Gasteiger partial charge in [-0.1, -0.05) is 18.2 Å². The van der Waals surface area contributed by atoms with Crippen LogP contribution in [-0.2, 0) is 9.59 Å². The molecule has 108 valence electrons. The summed E-state index contributed by atoms with van der Waals surface area (Å²) >= 11 is 0. The Hall–Kier alpha value is -1.88. The van der Waals surface area contributed by atoms with Crippen LogP contribution in [0.25, 0.3) is 0 Å². The van der Waals surface area contributed by atoms with Crippen LogP contribution in [0.2, 0.25) is 0 Å². The third-order valence-electron chi connectivity index (χ3n) is 3.46. The fourth-order valence-corrected chi connectivity index (χ4v) is 2.39. The van der Waals surface area contributed by atoms with Crippen molar-refractivity contribution in [1.29, 1.82) is 0 Å². The van der Waals surface area contributed by atoms with Crippen LogP contribution in [0.15, 0.2) is 30.3 Å². The van der Waals surface area contributed by atoms with Crippen LogP contribution >= 0.6 is 0 Å². The molecular weight excluding hydrogens is 254 g/mol. The third kappa shape index (κ3) is 4.06. The first-order chi connectivity index (χ1) is 9.66. The molecule has 5 nitrogen and oxygen atoms in total. The van der Waals surface area contributed by atoms with Crippen molar-refractivity contribution in [1.82, 2.24) is 10.2 Å². The first-order valence-electron chi connectivity index (χ1n) is 6.97. The Morgan fingerprint density at radius 1 is 1.35 bits per heavy atom. The highest BCUT2D eigenvalue weighted by atomic mass is 16.2. The number of carbonyl (C=O) groups excluding carboxylic acids is 2. The second kappa shape index (κ2) is 7.05. The van der Waals surface area contributed by atoms with Gasteiger partial charge >= 0.3 is 0 Å². The Labute approximate surface area is 119 Å². The minimum absolute atomic E-state index is 0.00160. The van der Waals surface area contributed by atoms with E-state index in [-0.39, 0.29) is 24.3 Å². The summed E-state index contributed by atoms with van der Waals surface area (Å²) in [5.74, 6) is -0.130. The average molecular weight is 275 g/mol. The maximum Gasteiger partial charge on any atom is 0.243 e. The van der Waals surface area contributed by atoms with Gasteiger partial charge in [-0.2, -0.15) is 0 Å². The summed E-state index contributed by atoms with van der Waals surface area (Å²) in [5.41, 5.74) is 0.748. The number of hydrogen-bond acceptors (Lipinski definition) is 3. The maximum absolute atomic E-state index is 12.2. The van der Waals surface area contributed by atoms with E-state index in [9.17, 15) is 9.59 Å². The van der Waals surface area contributed by atoms with Gasteiger partial charge in [-0.3, -0.25) is 9.59 Å². The maximum atomic E-state index is 12.2. The molecule has 0 bridgehead atoms. The SMILES string of the molecule is CN(CC(=O)Nc1ccccc1)C(=O)[C@@H]1CCCNC1.